The Hall–Kier alpha value is -0.480. The molecule has 0 unspecified atom stereocenters. The molecule has 0 radical (unpaired) electrons. The van der Waals surface area contributed by atoms with Crippen molar-refractivity contribution in [3.63, 3.8) is 0 Å². The predicted octanol–water partition coefficient (Wildman–Crippen LogP) is 0.561. The number of halogens is 1. The third-order valence-electron chi connectivity index (χ3n) is 2.41. The summed E-state index contributed by atoms with van der Waals surface area (Å²) in [5.74, 6) is 0. The molecule has 0 aromatic rings. The highest BCUT2D eigenvalue weighted by atomic mass is 35.5. The molecule has 78 valence electrons. The second kappa shape index (κ2) is 4.67. The fourth-order valence-electron chi connectivity index (χ4n) is 1.38. The largest absolute Gasteiger partial charge is 0.341 e. The Labute approximate surface area is 85.3 Å². The summed E-state index contributed by atoms with van der Waals surface area (Å²) >= 11 is 0. The molecule has 13 heavy (non-hydrogen) atoms. The number of rotatable bonds is 0. The van der Waals surface area contributed by atoms with Gasteiger partial charge in [0.05, 0.1) is 0 Å². The standard InChI is InChI=1S/C8H17N3O.ClH/c1-8(9)3-5-11(6-4-8)7(12)10-2;/h3-6,9H2,1-2H3,(H,10,12);1H. The lowest BCUT2D eigenvalue weighted by molar-refractivity contribution is 0.166. The molecule has 5 heteroatoms. The molecule has 0 saturated carbocycles. The molecule has 1 aliphatic heterocycles. The van der Waals surface area contributed by atoms with Crippen molar-refractivity contribution in [3.8, 4) is 0 Å². The summed E-state index contributed by atoms with van der Waals surface area (Å²) in [7, 11) is 1.65. The first-order chi connectivity index (χ1) is 5.55. The van der Waals surface area contributed by atoms with E-state index in [0.717, 1.165) is 25.9 Å². The van der Waals surface area contributed by atoms with Crippen LogP contribution in [0.3, 0.4) is 0 Å². The monoisotopic (exact) mass is 207 g/mol. The highest BCUT2D eigenvalue weighted by molar-refractivity contribution is 5.85. The van der Waals surface area contributed by atoms with Gasteiger partial charge in [-0.25, -0.2) is 4.79 Å². The van der Waals surface area contributed by atoms with E-state index in [2.05, 4.69) is 5.32 Å². The Balaban J connectivity index is 0.00000144. The van der Waals surface area contributed by atoms with E-state index in [1.807, 2.05) is 6.92 Å². The molecular weight excluding hydrogens is 190 g/mol. The lowest BCUT2D eigenvalue weighted by Gasteiger charge is -2.36. The summed E-state index contributed by atoms with van der Waals surface area (Å²) in [5.41, 5.74) is 5.84. The van der Waals surface area contributed by atoms with Crippen LogP contribution < -0.4 is 11.1 Å². The Morgan fingerprint density at radius 1 is 1.46 bits per heavy atom. The Morgan fingerprint density at radius 3 is 2.31 bits per heavy atom. The van der Waals surface area contributed by atoms with Gasteiger partial charge in [0.2, 0.25) is 0 Å². The van der Waals surface area contributed by atoms with Crippen LogP contribution in [-0.2, 0) is 0 Å². The zero-order valence-corrected chi connectivity index (χ0v) is 8.99. The number of urea groups is 1. The van der Waals surface area contributed by atoms with Crippen molar-refractivity contribution < 1.29 is 4.79 Å². The second-order valence-corrected chi connectivity index (χ2v) is 3.70. The molecular formula is C8H18ClN3O. The van der Waals surface area contributed by atoms with Gasteiger partial charge in [0.1, 0.15) is 0 Å². The maximum absolute atomic E-state index is 11.2. The molecule has 0 bridgehead atoms. The number of nitrogens with one attached hydrogen (secondary N) is 1. The molecule has 1 rings (SSSR count). The van der Waals surface area contributed by atoms with Gasteiger partial charge in [-0.2, -0.15) is 0 Å². The van der Waals surface area contributed by atoms with Gasteiger partial charge in [-0.05, 0) is 19.8 Å². The molecule has 1 heterocycles. The van der Waals surface area contributed by atoms with Gasteiger partial charge >= 0.3 is 6.03 Å². The molecule has 1 aliphatic rings. The van der Waals surface area contributed by atoms with E-state index in [0.29, 0.717) is 0 Å². The number of hydrogen-bond donors (Lipinski definition) is 2. The maximum Gasteiger partial charge on any atom is 0.317 e. The SMILES string of the molecule is CNC(=O)N1CCC(C)(N)CC1.Cl. The molecule has 1 fully saturated rings. The van der Waals surface area contributed by atoms with Gasteiger partial charge in [0.15, 0.2) is 0 Å². The van der Waals surface area contributed by atoms with Crippen molar-refractivity contribution in [1.82, 2.24) is 10.2 Å². The quantitative estimate of drug-likeness (QED) is 0.610. The van der Waals surface area contributed by atoms with Crippen LogP contribution in [0.1, 0.15) is 19.8 Å². The molecule has 1 saturated heterocycles. The summed E-state index contributed by atoms with van der Waals surface area (Å²) in [6.45, 7) is 3.58. The molecule has 0 aromatic heterocycles. The van der Waals surface area contributed by atoms with Gasteiger partial charge in [-0.1, -0.05) is 0 Å². The number of amides is 2. The van der Waals surface area contributed by atoms with Crippen molar-refractivity contribution in [3.05, 3.63) is 0 Å². The van der Waals surface area contributed by atoms with Crippen molar-refractivity contribution in [1.29, 1.82) is 0 Å². The third-order valence-corrected chi connectivity index (χ3v) is 2.41. The van der Waals surface area contributed by atoms with E-state index in [1.54, 1.807) is 11.9 Å². The van der Waals surface area contributed by atoms with Crippen LogP contribution >= 0.6 is 12.4 Å². The van der Waals surface area contributed by atoms with E-state index in [4.69, 9.17) is 5.73 Å². The molecule has 2 amide bonds. The Morgan fingerprint density at radius 2 is 1.92 bits per heavy atom. The average Bonchev–Trinajstić information content (AvgIpc) is 2.03. The Kier molecular flexibility index (Phi) is 4.50. The minimum atomic E-state index is -0.0788. The molecule has 4 nitrogen and oxygen atoms in total. The summed E-state index contributed by atoms with van der Waals surface area (Å²) in [5, 5.41) is 2.61. The molecule has 3 N–H and O–H groups in total. The van der Waals surface area contributed by atoms with Crippen LogP contribution in [0, 0.1) is 0 Å². The number of carbonyl (C=O) groups is 1. The zero-order chi connectivity index (χ0) is 9.19. The van der Waals surface area contributed by atoms with Crippen LogP contribution in [0.4, 0.5) is 4.79 Å². The highest BCUT2D eigenvalue weighted by Crippen LogP contribution is 2.18. The van der Waals surface area contributed by atoms with Gasteiger partial charge in [-0.3, -0.25) is 0 Å². The topological polar surface area (TPSA) is 58.4 Å². The van der Waals surface area contributed by atoms with Crippen LogP contribution in [0.5, 0.6) is 0 Å². The van der Waals surface area contributed by atoms with Crippen LogP contribution in [-0.4, -0.2) is 36.6 Å². The minimum absolute atomic E-state index is 0. The lowest BCUT2D eigenvalue weighted by Crippen LogP contribution is -2.51. The molecule has 0 aliphatic carbocycles. The van der Waals surface area contributed by atoms with Gasteiger partial charge in [-0.15, -0.1) is 12.4 Å². The third kappa shape index (κ3) is 3.40. The van der Waals surface area contributed by atoms with E-state index in [1.165, 1.54) is 0 Å². The maximum atomic E-state index is 11.2. The average molecular weight is 208 g/mol. The van der Waals surface area contributed by atoms with Crippen molar-refractivity contribution in [2.24, 2.45) is 5.73 Å². The van der Waals surface area contributed by atoms with Crippen molar-refractivity contribution >= 4 is 18.4 Å². The fourth-order valence-corrected chi connectivity index (χ4v) is 1.38. The van der Waals surface area contributed by atoms with Crippen molar-refractivity contribution in [2.45, 2.75) is 25.3 Å². The number of carbonyl (C=O) groups excluding carboxylic acids is 1. The van der Waals surface area contributed by atoms with Crippen molar-refractivity contribution in [2.75, 3.05) is 20.1 Å². The number of piperidine rings is 1. The normalized spacial score (nSPS) is 20.4. The summed E-state index contributed by atoms with van der Waals surface area (Å²) < 4.78 is 0. The van der Waals surface area contributed by atoms with Crippen LogP contribution in [0.25, 0.3) is 0 Å². The fraction of sp³-hybridized carbons (Fsp3) is 0.875. The van der Waals surface area contributed by atoms with E-state index in [-0.39, 0.29) is 24.0 Å². The van der Waals surface area contributed by atoms with Gasteiger partial charge < -0.3 is 16.0 Å². The first-order valence-electron chi connectivity index (χ1n) is 4.31. The predicted molar refractivity (Wildman–Crippen MR) is 55.1 cm³/mol. The van der Waals surface area contributed by atoms with E-state index < -0.39 is 0 Å². The zero-order valence-electron chi connectivity index (χ0n) is 8.17. The second-order valence-electron chi connectivity index (χ2n) is 3.70. The number of hydrogen-bond acceptors (Lipinski definition) is 2. The highest BCUT2D eigenvalue weighted by Gasteiger charge is 2.27. The number of likely N-dealkylation sites (tertiary alicyclic amines) is 1. The summed E-state index contributed by atoms with van der Waals surface area (Å²) in [4.78, 5) is 13.0. The first kappa shape index (κ1) is 12.5. The van der Waals surface area contributed by atoms with Gasteiger partial charge in [0, 0.05) is 25.7 Å². The Bertz CT molecular complexity index is 174. The summed E-state index contributed by atoms with van der Waals surface area (Å²) in [6, 6.07) is 0.00509. The molecule has 0 aromatic carbocycles. The van der Waals surface area contributed by atoms with Gasteiger partial charge in [0.25, 0.3) is 0 Å². The number of nitrogens with zero attached hydrogens (tertiary/aromatic N) is 1. The molecule has 0 spiro atoms. The molecule has 0 atom stereocenters. The minimum Gasteiger partial charge on any atom is -0.341 e. The first-order valence-corrected chi connectivity index (χ1v) is 4.31. The lowest BCUT2D eigenvalue weighted by atomic mass is 9.91. The number of nitrogens with two attached hydrogens (primary N) is 1. The van der Waals surface area contributed by atoms with Crippen LogP contribution in [0.15, 0.2) is 0 Å². The van der Waals surface area contributed by atoms with Crippen LogP contribution in [0.2, 0.25) is 0 Å². The summed E-state index contributed by atoms with van der Waals surface area (Å²) in [6.07, 6.45) is 1.78. The van der Waals surface area contributed by atoms with E-state index >= 15 is 0 Å². The van der Waals surface area contributed by atoms with E-state index in [9.17, 15) is 4.79 Å². The smallest absolute Gasteiger partial charge is 0.317 e.